The van der Waals surface area contributed by atoms with Gasteiger partial charge in [0.25, 0.3) is 0 Å². The van der Waals surface area contributed by atoms with E-state index in [1.54, 1.807) is 6.07 Å². The molecule has 0 saturated heterocycles. The summed E-state index contributed by atoms with van der Waals surface area (Å²) in [6.45, 7) is 4.60. The van der Waals surface area contributed by atoms with Gasteiger partial charge in [-0.2, -0.15) is 0 Å². The number of rotatable bonds is 3. The van der Waals surface area contributed by atoms with E-state index in [9.17, 15) is 5.11 Å². The van der Waals surface area contributed by atoms with Gasteiger partial charge in [-0.1, -0.05) is 25.2 Å². The van der Waals surface area contributed by atoms with Crippen molar-refractivity contribution in [1.29, 1.82) is 0 Å². The Balaban J connectivity index is 2.76. The van der Waals surface area contributed by atoms with Crippen molar-refractivity contribution in [2.45, 2.75) is 13.1 Å². The minimum absolute atomic E-state index is 0.375. The molecule has 0 heterocycles. The predicted molar refractivity (Wildman–Crippen MR) is 60.3 cm³/mol. The van der Waals surface area contributed by atoms with Crippen molar-refractivity contribution in [2.75, 3.05) is 18.1 Å². The zero-order chi connectivity index (χ0) is 9.84. The number of hydrogen-bond acceptors (Lipinski definition) is 2. The van der Waals surface area contributed by atoms with Gasteiger partial charge in [-0.15, -0.1) is 0 Å². The van der Waals surface area contributed by atoms with E-state index in [2.05, 4.69) is 18.0 Å². The Labute approximate surface area is 81.4 Å². The van der Waals surface area contributed by atoms with E-state index in [0.717, 1.165) is 11.9 Å². The van der Waals surface area contributed by atoms with Crippen LogP contribution in [0.4, 0.5) is 5.69 Å². The summed E-state index contributed by atoms with van der Waals surface area (Å²) < 4.78 is 0. The van der Waals surface area contributed by atoms with E-state index >= 15 is 0 Å². The molecule has 1 N–H and O–H groups in total. The molecule has 0 amide bonds. The lowest BCUT2D eigenvalue weighted by Gasteiger charge is -2.21. The fraction of sp³-hybridized carbons (Fsp3) is 0.400. The average Bonchev–Trinajstić information content (AvgIpc) is 2.03. The molecule has 0 saturated carbocycles. The van der Waals surface area contributed by atoms with Crippen LogP contribution in [0.25, 0.3) is 0 Å². The van der Waals surface area contributed by atoms with Crippen LogP contribution in [0.15, 0.2) is 24.3 Å². The van der Waals surface area contributed by atoms with Crippen LogP contribution in [0.1, 0.15) is 0 Å². The van der Waals surface area contributed by atoms with Gasteiger partial charge < -0.3 is 10.0 Å². The minimum atomic E-state index is -0.604. The molecule has 0 fully saturated rings. The van der Waals surface area contributed by atoms with Crippen LogP contribution >= 0.6 is 0 Å². The highest BCUT2D eigenvalue weighted by atomic mass is 28.3. The molecule has 1 aromatic carbocycles. The quantitative estimate of drug-likeness (QED) is 0.744. The summed E-state index contributed by atoms with van der Waals surface area (Å²) in [5, 5.41) is 9.57. The van der Waals surface area contributed by atoms with Gasteiger partial charge in [-0.05, 0) is 12.1 Å². The normalized spacial score (nSPS) is 10.5. The molecule has 0 aromatic heterocycles. The summed E-state index contributed by atoms with van der Waals surface area (Å²) in [4.78, 5) is 2.13. The Kier molecular flexibility index (Phi) is 3.37. The molecule has 0 aliphatic rings. The molecule has 3 heteroatoms. The van der Waals surface area contributed by atoms with Gasteiger partial charge in [0, 0.05) is 13.2 Å². The topological polar surface area (TPSA) is 23.5 Å². The van der Waals surface area contributed by atoms with Crippen LogP contribution in [-0.2, 0) is 0 Å². The molecule has 1 aromatic rings. The fourth-order valence-electron chi connectivity index (χ4n) is 1.43. The number of phenols is 1. The first-order valence-corrected chi connectivity index (χ1v) is 7.73. The molecule has 0 spiro atoms. The molecule has 13 heavy (non-hydrogen) atoms. The largest absolute Gasteiger partial charge is 0.506 e. The Hall–Kier alpha value is -0.963. The Morgan fingerprint density at radius 3 is 2.46 bits per heavy atom. The van der Waals surface area contributed by atoms with E-state index in [-0.39, 0.29) is 0 Å². The van der Waals surface area contributed by atoms with Crippen molar-refractivity contribution >= 4 is 14.5 Å². The molecule has 0 unspecified atom stereocenters. The molecule has 0 aliphatic heterocycles. The molecular weight excluding hydrogens is 178 g/mol. The van der Waals surface area contributed by atoms with Crippen molar-refractivity contribution in [2.24, 2.45) is 0 Å². The lowest BCUT2D eigenvalue weighted by Crippen LogP contribution is -2.27. The number of anilines is 1. The molecule has 1 rings (SSSR count). The van der Waals surface area contributed by atoms with Gasteiger partial charge in [0.2, 0.25) is 0 Å². The van der Waals surface area contributed by atoms with Crippen LogP contribution in [0.2, 0.25) is 13.1 Å². The van der Waals surface area contributed by atoms with Crippen LogP contribution in [0, 0.1) is 0 Å². The number of benzene rings is 1. The number of nitrogens with zero attached hydrogens (tertiary/aromatic N) is 1. The number of aromatic hydroxyl groups is 1. The molecule has 0 bridgehead atoms. The van der Waals surface area contributed by atoms with Crippen LogP contribution in [0.3, 0.4) is 0 Å². The predicted octanol–water partition coefficient (Wildman–Crippen LogP) is 1.85. The SMILES string of the molecule is CN(C[SiH](C)C)c1ccccc1O. The molecule has 0 atom stereocenters. The first kappa shape index (κ1) is 10.1. The smallest absolute Gasteiger partial charge is 0.138 e. The third-order valence-electron chi connectivity index (χ3n) is 1.93. The van der Waals surface area contributed by atoms with Crippen LogP contribution in [-0.4, -0.2) is 27.1 Å². The number of para-hydroxylation sites is 2. The first-order chi connectivity index (χ1) is 6.11. The van der Waals surface area contributed by atoms with E-state index in [1.807, 2.05) is 25.2 Å². The zero-order valence-electron chi connectivity index (χ0n) is 8.49. The van der Waals surface area contributed by atoms with Crippen molar-refractivity contribution in [3.63, 3.8) is 0 Å². The third-order valence-corrected chi connectivity index (χ3v) is 3.21. The second-order valence-electron chi connectivity index (χ2n) is 3.76. The molecule has 2 nitrogen and oxygen atoms in total. The Morgan fingerprint density at radius 2 is 1.92 bits per heavy atom. The second kappa shape index (κ2) is 4.32. The molecule has 0 aliphatic carbocycles. The van der Waals surface area contributed by atoms with E-state index < -0.39 is 8.80 Å². The molecular formula is C10H17NOSi. The summed E-state index contributed by atoms with van der Waals surface area (Å²) in [7, 11) is 1.43. The molecule has 72 valence electrons. The standard InChI is InChI=1S/C10H17NOSi/c1-11(8-13(2)3)9-6-4-5-7-10(9)12/h4-7,12-13H,8H2,1-3H3. The van der Waals surface area contributed by atoms with Crippen molar-refractivity contribution in [3.05, 3.63) is 24.3 Å². The van der Waals surface area contributed by atoms with Gasteiger partial charge in [-0.25, -0.2) is 0 Å². The summed E-state index contributed by atoms with van der Waals surface area (Å²) in [5.41, 5.74) is 0.934. The lowest BCUT2D eigenvalue weighted by atomic mass is 10.3. The Morgan fingerprint density at radius 1 is 1.31 bits per heavy atom. The van der Waals surface area contributed by atoms with Gasteiger partial charge in [0.15, 0.2) is 0 Å². The summed E-state index contributed by atoms with van der Waals surface area (Å²) in [5.74, 6) is 0.375. The van der Waals surface area contributed by atoms with Gasteiger partial charge in [0.05, 0.1) is 14.5 Å². The highest BCUT2D eigenvalue weighted by Gasteiger charge is 2.07. The highest BCUT2D eigenvalue weighted by Crippen LogP contribution is 2.24. The van der Waals surface area contributed by atoms with E-state index in [0.29, 0.717) is 5.75 Å². The van der Waals surface area contributed by atoms with Gasteiger partial charge in [-0.3, -0.25) is 0 Å². The minimum Gasteiger partial charge on any atom is -0.506 e. The first-order valence-electron chi connectivity index (χ1n) is 4.60. The fourth-order valence-corrected chi connectivity index (χ4v) is 2.73. The monoisotopic (exact) mass is 195 g/mol. The maximum atomic E-state index is 9.57. The lowest BCUT2D eigenvalue weighted by molar-refractivity contribution is 0.475. The maximum absolute atomic E-state index is 9.57. The summed E-state index contributed by atoms with van der Waals surface area (Å²) in [6.07, 6.45) is 1.09. The van der Waals surface area contributed by atoms with Crippen molar-refractivity contribution in [1.82, 2.24) is 0 Å². The Bertz CT molecular complexity index is 275. The second-order valence-corrected chi connectivity index (χ2v) is 6.92. The van der Waals surface area contributed by atoms with Crippen molar-refractivity contribution < 1.29 is 5.11 Å². The van der Waals surface area contributed by atoms with Gasteiger partial charge in [0.1, 0.15) is 5.75 Å². The van der Waals surface area contributed by atoms with Crippen molar-refractivity contribution in [3.8, 4) is 5.75 Å². The maximum Gasteiger partial charge on any atom is 0.138 e. The average molecular weight is 195 g/mol. The van der Waals surface area contributed by atoms with E-state index in [1.165, 1.54) is 0 Å². The number of hydrogen-bond donors (Lipinski definition) is 1. The molecule has 0 radical (unpaired) electrons. The van der Waals surface area contributed by atoms with Gasteiger partial charge >= 0.3 is 0 Å². The van der Waals surface area contributed by atoms with Crippen LogP contribution in [0.5, 0.6) is 5.75 Å². The number of phenolic OH excluding ortho intramolecular Hbond substituents is 1. The van der Waals surface area contributed by atoms with Crippen LogP contribution < -0.4 is 4.90 Å². The third kappa shape index (κ3) is 2.77. The highest BCUT2D eigenvalue weighted by molar-refractivity contribution is 6.56. The van der Waals surface area contributed by atoms with E-state index in [4.69, 9.17) is 0 Å². The summed E-state index contributed by atoms with van der Waals surface area (Å²) in [6, 6.07) is 7.48. The summed E-state index contributed by atoms with van der Waals surface area (Å²) >= 11 is 0. The zero-order valence-corrected chi connectivity index (χ0v) is 9.64.